The van der Waals surface area contributed by atoms with Gasteiger partial charge in [-0.3, -0.25) is 9.78 Å². The van der Waals surface area contributed by atoms with Crippen LogP contribution in [-0.2, 0) is 14.3 Å². The number of hydrogen-bond acceptors (Lipinski definition) is 7. The maximum atomic E-state index is 12.5. The molecular weight excluding hydrogens is 346 g/mol. The normalized spacial score (nSPS) is 13.8. The number of aromatic nitrogens is 1. The lowest BCUT2D eigenvalue weighted by Crippen LogP contribution is -2.41. The minimum atomic E-state index is -0.797. The van der Waals surface area contributed by atoms with E-state index >= 15 is 0 Å². The Hall–Kier alpha value is -2.51. The van der Waals surface area contributed by atoms with Gasteiger partial charge >= 0.3 is 11.9 Å². The number of fused-ring (bicyclic) bond motifs is 1. The van der Waals surface area contributed by atoms with E-state index in [-0.39, 0.29) is 0 Å². The molecule has 0 bridgehead atoms. The second kappa shape index (κ2) is 8.92. The number of hydrogen-bond donors (Lipinski definition) is 2. The maximum absolute atomic E-state index is 12.5. The zero-order chi connectivity index (χ0) is 20.0. The van der Waals surface area contributed by atoms with Gasteiger partial charge in [0.1, 0.15) is 23.4 Å². The number of nitrogens with two attached hydrogens (primary N) is 1. The van der Waals surface area contributed by atoms with Crippen LogP contribution in [0.15, 0.2) is 36.5 Å². The molecule has 2 aromatic rings. The zero-order valence-corrected chi connectivity index (χ0v) is 16.2. The van der Waals surface area contributed by atoms with Crippen molar-refractivity contribution < 1.29 is 19.1 Å². The van der Waals surface area contributed by atoms with Gasteiger partial charge in [0.15, 0.2) is 0 Å². The smallest absolute Gasteiger partial charge is 0.328 e. The van der Waals surface area contributed by atoms with Crippen LogP contribution in [0.5, 0.6) is 5.75 Å². The van der Waals surface area contributed by atoms with Crippen molar-refractivity contribution in [1.82, 2.24) is 10.3 Å². The van der Waals surface area contributed by atoms with Gasteiger partial charge in [-0.25, -0.2) is 4.79 Å². The third-order valence-electron chi connectivity index (χ3n) is 3.93. The Morgan fingerprint density at radius 1 is 1.15 bits per heavy atom. The number of ether oxygens (including phenoxy) is 2. The fourth-order valence-corrected chi connectivity index (χ4v) is 2.56. The fourth-order valence-electron chi connectivity index (χ4n) is 2.56. The van der Waals surface area contributed by atoms with E-state index in [0.717, 1.165) is 10.9 Å². The molecular formula is C20H27N3O4. The average Bonchev–Trinajstić information content (AvgIpc) is 2.61. The predicted octanol–water partition coefficient (Wildman–Crippen LogP) is 2.18. The Morgan fingerprint density at radius 2 is 1.85 bits per heavy atom. The topological polar surface area (TPSA) is 104 Å². The first-order valence-corrected chi connectivity index (χ1v) is 8.92. The zero-order valence-electron chi connectivity index (χ0n) is 16.2. The maximum Gasteiger partial charge on any atom is 0.328 e. The summed E-state index contributed by atoms with van der Waals surface area (Å²) in [6.07, 6.45) is 2.24. The Bertz CT molecular complexity index is 796. The molecule has 0 fully saturated rings. The molecule has 27 heavy (non-hydrogen) atoms. The number of para-hydroxylation sites is 1. The fraction of sp³-hybridized carbons (Fsp3) is 0.450. The SMILES string of the molecule is CN[C@@H](CCC(N)C(=O)OC(C)(C)C)C(=O)Oc1ccnc2ccccc12. The Balaban J connectivity index is 1.98. The van der Waals surface area contributed by atoms with E-state index in [9.17, 15) is 9.59 Å². The van der Waals surface area contributed by atoms with Crippen molar-refractivity contribution in [2.75, 3.05) is 7.05 Å². The van der Waals surface area contributed by atoms with Gasteiger partial charge in [0, 0.05) is 11.6 Å². The van der Waals surface area contributed by atoms with Gasteiger partial charge in [0.05, 0.1) is 5.52 Å². The standard InChI is InChI=1S/C20H27N3O4/c1-20(2,3)27-18(24)14(21)9-10-16(22-4)19(25)26-17-11-12-23-15-8-6-5-7-13(15)17/h5-8,11-12,14,16,22H,9-10,21H2,1-4H3/t14?,16-/m0/s1. The van der Waals surface area contributed by atoms with Gasteiger partial charge in [-0.15, -0.1) is 0 Å². The quantitative estimate of drug-likeness (QED) is 0.717. The minimum absolute atomic E-state index is 0.298. The van der Waals surface area contributed by atoms with Crippen molar-refractivity contribution in [2.45, 2.75) is 51.3 Å². The summed E-state index contributed by atoms with van der Waals surface area (Å²) in [4.78, 5) is 28.8. The summed E-state index contributed by atoms with van der Waals surface area (Å²) in [5.74, 6) is -0.474. The Morgan fingerprint density at radius 3 is 2.52 bits per heavy atom. The molecule has 7 nitrogen and oxygen atoms in total. The van der Waals surface area contributed by atoms with E-state index < -0.39 is 29.6 Å². The van der Waals surface area contributed by atoms with Crippen LogP contribution < -0.4 is 15.8 Å². The number of nitrogens with zero attached hydrogens (tertiary/aromatic N) is 1. The third-order valence-corrected chi connectivity index (χ3v) is 3.93. The van der Waals surface area contributed by atoms with Crippen LogP contribution in [0.3, 0.4) is 0 Å². The minimum Gasteiger partial charge on any atom is -0.459 e. The summed E-state index contributed by atoms with van der Waals surface area (Å²) in [5.41, 5.74) is 6.04. The molecule has 0 aliphatic carbocycles. The van der Waals surface area contributed by atoms with Crippen LogP contribution >= 0.6 is 0 Å². The van der Waals surface area contributed by atoms with Crippen LogP contribution in [0.25, 0.3) is 10.9 Å². The first-order chi connectivity index (χ1) is 12.7. The molecule has 0 saturated carbocycles. The lowest BCUT2D eigenvalue weighted by Gasteiger charge is -2.23. The molecule has 2 atom stereocenters. The van der Waals surface area contributed by atoms with Gasteiger partial charge in [0.25, 0.3) is 0 Å². The highest BCUT2D eigenvalue weighted by Gasteiger charge is 2.25. The summed E-state index contributed by atoms with van der Waals surface area (Å²) < 4.78 is 10.8. The first kappa shape index (κ1) is 20.8. The molecule has 0 aliphatic heterocycles. The van der Waals surface area contributed by atoms with Crippen molar-refractivity contribution in [1.29, 1.82) is 0 Å². The molecule has 1 unspecified atom stereocenters. The van der Waals surface area contributed by atoms with E-state index in [2.05, 4.69) is 10.3 Å². The Kier molecular flexibility index (Phi) is 6.87. The van der Waals surface area contributed by atoms with Gasteiger partial charge in [-0.05, 0) is 58.9 Å². The lowest BCUT2D eigenvalue weighted by molar-refractivity contribution is -0.156. The van der Waals surface area contributed by atoms with Crippen LogP contribution in [0.1, 0.15) is 33.6 Å². The monoisotopic (exact) mass is 373 g/mol. The van der Waals surface area contributed by atoms with E-state index in [1.165, 1.54) is 0 Å². The largest absolute Gasteiger partial charge is 0.459 e. The number of likely N-dealkylation sites (N-methyl/N-ethyl adjacent to an activating group) is 1. The second-order valence-corrected chi connectivity index (χ2v) is 7.31. The molecule has 146 valence electrons. The van der Waals surface area contributed by atoms with Gasteiger partial charge in [-0.2, -0.15) is 0 Å². The molecule has 0 saturated heterocycles. The highest BCUT2D eigenvalue weighted by Crippen LogP contribution is 2.24. The number of nitrogens with one attached hydrogen (secondary N) is 1. The molecule has 1 aromatic heterocycles. The number of esters is 2. The highest BCUT2D eigenvalue weighted by atomic mass is 16.6. The van der Waals surface area contributed by atoms with Crippen molar-refractivity contribution >= 4 is 22.8 Å². The molecule has 1 heterocycles. The summed E-state index contributed by atoms with van der Waals surface area (Å²) >= 11 is 0. The van der Waals surface area contributed by atoms with E-state index in [1.54, 1.807) is 40.1 Å². The molecule has 0 spiro atoms. The molecule has 0 aliphatic rings. The number of benzene rings is 1. The molecule has 3 N–H and O–H groups in total. The Labute approximate surface area is 159 Å². The first-order valence-electron chi connectivity index (χ1n) is 8.92. The number of pyridine rings is 1. The second-order valence-electron chi connectivity index (χ2n) is 7.31. The lowest BCUT2D eigenvalue weighted by atomic mass is 10.1. The van der Waals surface area contributed by atoms with Gasteiger partial charge < -0.3 is 20.5 Å². The summed E-state index contributed by atoms with van der Waals surface area (Å²) in [6.45, 7) is 5.35. The van der Waals surface area contributed by atoms with Crippen LogP contribution in [0, 0.1) is 0 Å². The van der Waals surface area contributed by atoms with E-state index in [4.69, 9.17) is 15.2 Å². The van der Waals surface area contributed by atoms with Crippen molar-refractivity contribution in [3.8, 4) is 5.75 Å². The van der Waals surface area contributed by atoms with E-state index in [1.807, 2.05) is 24.3 Å². The average molecular weight is 373 g/mol. The third kappa shape index (κ3) is 6.01. The summed E-state index contributed by atoms with van der Waals surface area (Å²) in [6, 6.07) is 7.69. The number of rotatable bonds is 7. The molecule has 0 amide bonds. The summed E-state index contributed by atoms with van der Waals surface area (Å²) in [5, 5.41) is 3.67. The van der Waals surface area contributed by atoms with Gasteiger partial charge in [-0.1, -0.05) is 12.1 Å². The van der Waals surface area contributed by atoms with Crippen LogP contribution in [0.4, 0.5) is 0 Å². The van der Waals surface area contributed by atoms with E-state index in [0.29, 0.717) is 18.6 Å². The molecule has 0 radical (unpaired) electrons. The van der Waals surface area contributed by atoms with Crippen molar-refractivity contribution in [3.05, 3.63) is 36.5 Å². The van der Waals surface area contributed by atoms with Crippen LogP contribution in [0.2, 0.25) is 0 Å². The number of carbonyl (C=O) groups is 2. The van der Waals surface area contributed by atoms with Crippen LogP contribution in [-0.4, -0.2) is 41.7 Å². The van der Waals surface area contributed by atoms with Gasteiger partial charge in [0.2, 0.25) is 0 Å². The highest BCUT2D eigenvalue weighted by molar-refractivity contribution is 5.88. The number of carbonyl (C=O) groups excluding carboxylic acids is 2. The van der Waals surface area contributed by atoms with Crippen molar-refractivity contribution in [3.63, 3.8) is 0 Å². The molecule has 2 rings (SSSR count). The molecule has 7 heteroatoms. The predicted molar refractivity (Wildman–Crippen MR) is 103 cm³/mol. The van der Waals surface area contributed by atoms with Crippen molar-refractivity contribution in [2.24, 2.45) is 5.73 Å². The molecule has 1 aromatic carbocycles. The summed E-state index contributed by atoms with van der Waals surface area (Å²) in [7, 11) is 1.66.